The molecule has 2 heterocycles. The largest absolute Gasteiger partial charge is 0.390 e. The van der Waals surface area contributed by atoms with Crippen molar-refractivity contribution in [3.63, 3.8) is 0 Å². The van der Waals surface area contributed by atoms with Gasteiger partial charge in [-0.1, -0.05) is 6.92 Å². The van der Waals surface area contributed by atoms with Gasteiger partial charge in [0.15, 0.2) is 0 Å². The number of anilines is 1. The zero-order valence-corrected chi connectivity index (χ0v) is 12.0. The molecule has 0 bridgehead atoms. The van der Waals surface area contributed by atoms with Crippen LogP contribution in [-0.4, -0.2) is 28.8 Å². The number of nitrogens with zero attached hydrogens (tertiary/aromatic N) is 2. The van der Waals surface area contributed by atoms with Crippen molar-refractivity contribution in [3.8, 4) is 0 Å². The van der Waals surface area contributed by atoms with E-state index >= 15 is 0 Å². The summed E-state index contributed by atoms with van der Waals surface area (Å²) in [6.07, 6.45) is 5.51. The van der Waals surface area contributed by atoms with Gasteiger partial charge in [-0.05, 0) is 44.7 Å². The topological polar surface area (TPSA) is 62.4 Å². The number of rotatable bonds is 3. The minimum absolute atomic E-state index is 0.0268. The van der Waals surface area contributed by atoms with Crippen molar-refractivity contribution in [2.45, 2.75) is 51.2 Å². The van der Waals surface area contributed by atoms with Crippen LogP contribution in [-0.2, 0) is 0 Å². The molecular formula is C15H25N3O. The SMILES string of the molecule is CC[C@@H](N)c1ccc(N2CCCC(C)(O)CC2)cn1. The minimum Gasteiger partial charge on any atom is -0.390 e. The van der Waals surface area contributed by atoms with Crippen molar-refractivity contribution in [2.24, 2.45) is 5.73 Å². The third-order valence-corrected chi connectivity index (χ3v) is 4.02. The lowest BCUT2D eigenvalue weighted by atomic mass is 9.98. The normalized spacial score (nSPS) is 26.0. The van der Waals surface area contributed by atoms with Crippen molar-refractivity contribution in [1.82, 2.24) is 4.98 Å². The van der Waals surface area contributed by atoms with E-state index in [9.17, 15) is 5.11 Å². The molecule has 1 fully saturated rings. The van der Waals surface area contributed by atoms with E-state index < -0.39 is 5.60 Å². The molecule has 0 saturated carbocycles. The smallest absolute Gasteiger partial charge is 0.0637 e. The molecule has 106 valence electrons. The van der Waals surface area contributed by atoms with Gasteiger partial charge in [-0.3, -0.25) is 4.98 Å². The second-order valence-electron chi connectivity index (χ2n) is 5.79. The molecule has 1 saturated heterocycles. The average molecular weight is 263 g/mol. The fourth-order valence-electron chi connectivity index (χ4n) is 2.53. The molecular weight excluding hydrogens is 238 g/mol. The lowest BCUT2D eigenvalue weighted by Crippen LogP contribution is -2.28. The van der Waals surface area contributed by atoms with Gasteiger partial charge in [-0.2, -0.15) is 0 Å². The van der Waals surface area contributed by atoms with Crippen LogP contribution in [0.4, 0.5) is 5.69 Å². The summed E-state index contributed by atoms with van der Waals surface area (Å²) in [7, 11) is 0. The zero-order chi connectivity index (χ0) is 13.9. The van der Waals surface area contributed by atoms with Gasteiger partial charge in [-0.15, -0.1) is 0 Å². The predicted molar refractivity (Wildman–Crippen MR) is 78.1 cm³/mol. The zero-order valence-electron chi connectivity index (χ0n) is 12.0. The Labute approximate surface area is 115 Å². The predicted octanol–water partition coefficient (Wildman–Crippen LogP) is 2.23. The van der Waals surface area contributed by atoms with Crippen LogP contribution in [0.25, 0.3) is 0 Å². The first kappa shape index (κ1) is 14.3. The Morgan fingerprint density at radius 1 is 1.42 bits per heavy atom. The van der Waals surface area contributed by atoms with E-state index in [2.05, 4.69) is 22.9 Å². The second kappa shape index (κ2) is 5.88. The molecule has 1 unspecified atom stereocenters. The van der Waals surface area contributed by atoms with Crippen molar-refractivity contribution >= 4 is 5.69 Å². The summed E-state index contributed by atoms with van der Waals surface area (Å²) in [5.74, 6) is 0. The van der Waals surface area contributed by atoms with Gasteiger partial charge in [-0.25, -0.2) is 0 Å². The first-order valence-electron chi connectivity index (χ1n) is 7.21. The van der Waals surface area contributed by atoms with E-state index in [1.54, 1.807) is 0 Å². The van der Waals surface area contributed by atoms with Crippen LogP contribution in [0.3, 0.4) is 0 Å². The molecule has 4 heteroatoms. The van der Waals surface area contributed by atoms with Gasteiger partial charge in [0.2, 0.25) is 0 Å². The molecule has 19 heavy (non-hydrogen) atoms. The maximum absolute atomic E-state index is 10.1. The Morgan fingerprint density at radius 3 is 2.84 bits per heavy atom. The van der Waals surface area contributed by atoms with E-state index in [0.717, 1.165) is 50.2 Å². The quantitative estimate of drug-likeness (QED) is 0.878. The van der Waals surface area contributed by atoms with Crippen molar-refractivity contribution in [1.29, 1.82) is 0 Å². The van der Waals surface area contributed by atoms with E-state index in [-0.39, 0.29) is 6.04 Å². The Kier molecular flexibility index (Phi) is 4.42. The average Bonchev–Trinajstić information content (AvgIpc) is 2.59. The summed E-state index contributed by atoms with van der Waals surface area (Å²) < 4.78 is 0. The van der Waals surface area contributed by atoms with Gasteiger partial charge in [0.25, 0.3) is 0 Å². The highest BCUT2D eigenvalue weighted by molar-refractivity contribution is 5.45. The standard InChI is InChI=1S/C15H25N3O/c1-3-13(16)14-6-5-12(11-17-14)18-9-4-7-15(2,19)8-10-18/h5-6,11,13,19H,3-4,7-10,16H2,1-2H3/t13-,15?/m1/s1. The molecule has 1 aromatic rings. The summed E-state index contributed by atoms with van der Waals surface area (Å²) in [6, 6.07) is 4.14. The fourth-order valence-corrected chi connectivity index (χ4v) is 2.53. The highest BCUT2D eigenvalue weighted by Crippen LogP contribution is 2.25. The molecule has 1 aliphatic heterocycles. The monoisotopic (exact) mass is 263 g/mol. The van der Waals surface area contributed by atoms with Crippen LogP contribution < -0.4 is 10.6 Å². The molecule has 0 radical (unpaired) electrons. The van der Waals surface area contributed by atoms with Crippen LogP contribution in [0.1, 0.15) is 51.3 Å². The first-order valence-corrected chi connectivity index (χ1v) is 7.21. The van der Waals surface area contributed by atoms with Crippen LogP contribution in [0.2, 0.25) is 0 Å². The number of aromatic nitrogens is 1. The van der Waals surface area contributed by atoms with Gasteiger partial charge in [0, 0.05) is 19.1 Å². The van der Waals surface area contributed by atoms with Crippen LogP contribution in [0.5, 0.6) is 0 Å². The molecule has 1 aromatic heterocycles. The third-order valence-electron chi connectivity index (χ3n) is 4.02. The highest BCUT2D eigenvalue weighted by Gasteiger charge is 2.25. The summed E-state index contributed by atoms with van der Waals surface area (Å²) in [4.78, 5) is 6.76. The molecule has 2 atom stereocenters. The molecule has 0 spiro atoms. The van der Waals surface area contributed by atoms with Crippen LogP contribution in [0.15, 0.2) is 18.3 Å². The third kappa shape index (κ3) is 3.67. The van der Waals surface area contributed by atoms with Gasteiger partial charge in [0.1, 0.15) is 0 Å². The highest BCUT2D eigenvalue weighted by atomic mass is 16.3. The molecule has 0 aromatic carbocycles. The molecule has 0 aliphatic carbocycles. The number of pyridine rings is 1. The summed E-state index contributed by atoms with van der Waals surface area (Å²) in [6.45, 7) is 5.86. The molecule has 4 nitrogen and oxygen atoms in total. The molecule has 2 rings (SSSR count). The maximum atomic E-state index is 10.1. The van der Waals surface area contributed by atoms with Gasteiger partial charge >= 0.3 is 0 Å². The number of hydrogen-bond donors (Lipinski definition) is 2. The summed E-state index contributed by atoms with van der Waals surface area (Å²) in [5, 5.41) is 10.1. The van der Waals surface area contributed by atoms with Gasteiger partial charge in [0.05, 0.1) is 23.2 Å². The van der Waals surface area contributed by atoms with Crippen LogP contribution in [0, 0.1) is 0 Å². The lowest BCUT2D eigenvalue weighted by molar-refractivity contribution is 0.0481. The molecule has 3 N–H and O–H groups in total. The Morgan fingerprint density at radius 2 is 2.21 bits per heavy atom. The van der Waals surface area contributed by atoms with E-state index in [4.69, 9.17) is 5.73 Å². The summed E-state index contributed by atoms with van der Waals surface area (Å²) >= 11 is 0. The Bertz CT molecular complexity index is 402. The lowest BCUT2D eigenvalue weighted by Gasteiger charge is -2.24. The number of aliphatic hydroxyl groups is 1. The minimum atomic E-state index is -0.521. The van der Waals surface area contributed by atoms with E-state index in [1.807, 2.05) is 19.2 Å². The summed E-state index contributed by atoms with van der Waals surface area (Å²) in [5.41, 5.74) is 7.53. The van der Waals surface area contributed by atoms with E-state index in [0.29, 0.717) is 0 Å². The fraction of sp³-hybridized carbons (Fsp3) is 0.667. The van der Waals surface area contributed by atoms with Crippen molar-refractivity contribution in [2.75, 3.05) is 18.0 Å². The Balaban J connectivity index is 2.05. The number of hydrogen-bond acceptors (Lipinski definition) is 4. The Hall–Kier alpha value is -1.13. The van der Waals surface area contributed by atoms with Crippen LogP contribution >= 0.6 is 0 Å². The van der Waals surface area contributed by atoms with E-state index in [1.165, 1.54) is 0 Å². The first-order chi connectivity index (χ1) is 9.02. The second-order valence-corrected chi connectivity index (χ2v) is 5.79. The van der Waals surface area contributed by atoms with Crippen molar-refractivity contribution < 1.29 is 5.11 Å². The van der Waals surface area contributed by atoms with Gasteiger partial charge < -0.3 is 15.7 Å². The van der Waals surface area contributed by atoms with Crippen molar-refractivity contribution in [3.05, 3.63) is 24.0 Å². The maximum Gasteiger partial charge on any atom is 0.0637 e. The molecule has 1 aliphatic rings. The number of nitrogens with two attached hydrogens (primary N) is 1. The molecule has 0 amide bonds.